The average molecular weight is 660 g/mol. The Labute approximate surface area is 283 Å². The third-order valence-corrected chi connectivity index (χ3v) is 15.3. The minimum Gasteiger partial charge on any atom is -0.461 e. The Balaban J connectivity index is 1.16. The molecule has 1 aliphatic heterocycles. The van der Waals surface area contributed by atoms with Gasteiger partial charge in [-0.3, -0.25) is 0 Å². The molecule has 3 N–H and O–H groups in total. The summed E-state index contributed by atoms with van der Waals surface area (Å²) < 4.78 is 18.3. The molecule has 1 amide bonds. The number of nitrogens with one attached hydrogen (secondary N) is 1. The summed E-state index contributed by atoms with van der Waals surface area (Å²) in [6.45, 7) is 20.4. The number of rotatable bonds is 7. The van der Waals surface area contributed by atoms with E-state index >= 15 is 0 Å². The predicted molar refractivity (Wildman–Crippen MR) is 180 cm³/mol. The quantitative estimate of drug-likeness (QED) is 0.248. The molecule has 8 heteroatoms. The highest BCUT2D eigenvalue weighted by Crippen LogP contribution is 2.88. The Kier molecular flexibility index (Phi) is 8.73. The minimum absolute atomic E-state index is 0.000935. The van der Waals surface area contributed by atoms with Crippen molar-refractivity contribution in [2.24, 2.45) is 51.2 Å². The first-order chi connectivity index (χ1) is 21.7. The Morgan fingerprint density at radius 1 is 0.979 bits per heavy atom. The Hall–Kier alpha value is -1.38. The number of fused-ring (bicyclic) bond motifs is 2. The van der Waals surface area contributed by atoms with Crippen LogP contribution in [0.1, 0.15) is 140 Å². The van der Waals surface area contributed by atoms with Gasteiger partial charge in [0.25, 0.3) is 0 Å². The van der Waals surface area contributed by atoms with E-state index in [1.165, 1.54) is 12.8 Å². The average Bonchev–Trinajstić information content (AvgIpc) is 3.23. The highest BCUT2D eigenvalue weighted by Gasteiger charge is 2.82. The zero-order chi connectivity index (χ0) is 34.5. The lowest BCUT2D eigenvalue weighted by atomic mass is 9.43. The maximum Gasteiger partial charge on any atom is 0.408 e. The second-order valence-corrected chi connectivity index (χ2v) is 19.1. The van der Waals surface area contributed by atoms with Crippen LogP contribution in [0.2, 0.25) is 0 Å². The van der Waals surface area contributed by atoms with E-state index in [0.29, 0.717) is 22.7 Å². The summed E-state index contributed by atoms with van der Waals surface area (Å²) in [6.07, 6.45) is 9.90. The largest absolute Gasteiger partial charge is 0.461 e. The third-order valence-electron chi connectivity index (χ3n) is 15.3. The van der Waals surface area contributed by atoms with E-state index in [0.717, 1.165) is 57.8 Å². The van der Waals surface area contributed by atoms with Gasteiger partial charge >= 0.3 is 12.1 Å². The van der Waals surface area contributed by atoms with Crippen molar-refractivity contribution in [3.05, 3.63) is 0 Å². The van der Waals surface area contributed by atoms with E-state index < -0.39 is 23.3 Å². The fraction of sp³-hybridized carbons (Fsp3) is 0.949. The van der Waals surface area contributed by atoms with Gasteiger partial charge in [0.1, 0.15) is 17.7 Å². The molecule has 5 saturated carbocycles. The van der Waals surface area contributed by atoms with Gasteiger partial charge in [-0.1, -0.05) is 41.0 Å². The lowest BCUT2D eigenvalue weighted by Crippen LogP contribution is -2.57. The van der Waals surface area contributed by atoms with Crippen molar-refractivity contribution in [2.45, 2.75) is 182 Å². The molecule has 2 spiro atoms. The second-order valence-electron chi connectivity index (χ2n) is 19.1. The van der Waals surface area contributed by atoms with Crippen LogP contribution in [-0.2, 0) is 19.0 Å². The number of amides is 1. The Bertz CT molecular complexity index is 1220. The van der Waals surface area contributed by atoms with Gasteiger partial charge in [-0.05, 0) is 144 Å². The standard InChI is InChI=1S/C39H65NO7/c1-11-22(2)31(40-33(43)47-34(4,5)6)32(42)46-26-16-17-38-21-39(38)19-18-36(9)30(27-13-15-29(45-27)35(7,8)44)25(41)20-37(36,10)28(39)14-12-24(38)23(26)3/h22-31,41,44H,11-21H2,1-10H3,(H,40,43)/t22?,23?,24?,25?,26?,27?,28?,29?,30?,31-,36?,37-,38?,39?/m0/s1. The number of carbonyl (C=O) groups is 2. The molecule has 1 saturated heterocycles. The molecule has 8 nitrogen and oxygen atoms in total. The zero-order valence-corrected chi connectivity index (χ0v) is 31.0. The molecule has 1 heterocycles. The summed E-state index contributed by atoms with van der Waals surface area (Å²) in [4.78, 5) is 26.3. The van der Waals surface area contributed by atoms with Crippen molar-refractivity contribution in [1.29, 1.82) is 0 Å². The van der Waals surface area contributed by atoms with Gasteiger partial charge in [-0.25, -0.2) is 9.59 Å². The number of hydrogen-bond acceptors (Lipinski definition) is 7. The van der Waals surface area contributed by atoms with Crippen LogP contribution < -0.4 is 5.32 Å². The molecule has 0 aromatic heterocycles. The molecule has 12 unspecified atom stereocenters. The summed E-state index contributed by atoms with van der Waals surface area (Å²) in [7, 11) is 0. The third kappa shape index (κ3) is 5.48. The number of esters is 1. The highest BCUT2D eigenvalue weighted by atomic mass is 16.6. The molecular formula is C39H65NO7. The molecule has 6 aliphatic rings. The zero-order valence-electron chi connectivity index (χ0n) is 31.0. The number of carbonyl (C=O) groups excluding carboxylic acids is 2. The molecule has 6 fully saturated rings. The molecule has 0 bridgehead atoms. The van der Waals surface area contributed by atoms with Crippen molar-refractivity contribution in [2.75, 3.05) is 0 Å². The van der Waals surface area contributed by atoms with Gasteiger partial charge in [-0.2, -0.15) is 0 Å². The van der Waals surface area contributed by atoms with Crippen molar-refractivity contribution < 1.29 is 34.0 Å². The highest BCUT2D eigenvalue weighted by molar-refractivity contribution is 5.82. The monoisotopic (exact) mass is 659 g/mol. The minimum atomic E-state index is -0.869. The lowest BCUT2D eigenvalue weighted by Gasteiger charge is -2.62. The normalized spacial score (nSPS) is 47.1. The Morgan fingerprint density at radius 2 is 1.68 bits per heavy atom. The summed E-state index contributed by atoms with van der Waals surface area (Å²) >= 11 is 0. The molecule has 0 aromatic carbocycles. The van der Waals surface area contributed by atoms with Gasteiger partial charge in [0, 0.05) is 5.92 Å². The van der Waals surface area contributed by atoms with Gasteiger partial charge in [0.05, 0.1) is 23.9 Å². The topological polar surface area (TPSA) is 114 Å². The van der Waals surface area contributed by atoms with Crippen LogP contribution in [0, 0.1) is 51.2 Å². The molecular weight excluding hydrogens is 594 g/mol. The van der Waals surface area contributed by atoms with E-state index in [9.17, 15) is 19.8 Å². The first-order valence-electron chi connectivity index (χ1n) is 19.0. The SMILES string of the molecule is CCC(C)[C@H](NC(=O)OC(C)(C)C)C(=O)OC1CCC23CC24CCC2(C)C(C5CCC(C(C)(C)O)O5)C(O)C[C@@]2(C)C4CCC3C1C. The van der Waals surface area contributed by atoms with Gasteiger partial charge in [0.2, 0.25) is 0 Å². The summed E-state index contributed by atoms with van der Waals surface area (Å²) in [5.74, 6) is 1.06. The number of ether oxygens (including phenoxy) is 3. The number of aliphatic hydroxyl groups excluding tert-OH is 1. The van der Waals surface area contributed by atoms with Crippen LogP contribution in [-0.4, -0.2) is 63.9 Å². The van der Waals surface area contributed by atoms with Gasteiger partial charge in [-0.15, -0.1) is 0 Å². The van der Waals surface area contributed by atoms with Gasteiger partial charge < -0.3 is 29.7 Å². The van der Waals surface area contributed by atoms with E-state index in [1.807, 2.05) is 48.5 Å². The van der Waals surface area contributed by atoms with Gasteiger partial charge in [0.15, 0.2) is 0 Å². The lowest BCUT2D eigenvalue weighted by molar-refractivity contribution is -0.174. The smallest absolute Gasteiger partial charge is 0.408 e. The van der Waals surface area contributed by atoms with Crippen LogP contribution >= 0.6 is 0 Å². The van der Waals surface area contributed by atoms with Crippen LogP contribution in [0.4, 0.5) is 4.79 Å². The first kappa shape index (κ1) is 35.4. The van der Waals surface area contributed by atoms with Crippen molar-refractivity contribution in [3.63, 3.8) is 0 Å². The summed E-state index contributed by atoms with van der Waals surface area (Å²) in [5, 5.41) is 25.3. The summed E-state index contributed by atoms with van der Waals surface area (Å²) in [5.41, 5.74) is -0.857. The fourth-order valence-corrected chi connectivity index (χ4v) is 12.7. The van der Waals surface area contributed by atoms with Crippen LogP contribution in [0.25, 0.3) is 0 Å². The van der Waals surface area contributed by atoms with Crippen LogP contribution in [0.3, 0.4) is 0 Å². The maximum absolute atomic E-state index is 13.6. The maximum atomic E-state index is 13.6. The molecule has 5 aliphatic carbocycles. The molecule has 6 rings (SSSR count). The molecule has 268 valence electrons. The van der Waals surface area contributed by atoms with E-state index in [1.54, 1.807) is 0 Å². The predicted octanol–water partition coefficient (Wildman–Crippen LogP) is 7.18. The van der Waals surface area contributed by atoms with Crippen LogP contribution in [0.5, 0.6) is 0 Å². The van der Waals surface area contributed by atoms with Crippen molar-refractivity contribution in [1.82, 2.24) is 5.32 Å². The molecule has 0 aromatic rings. The second kappa shape index (κ2) is 11.6. The number of hydrogen-bond donors (Lipinski definition) is 3. The van der Waals surface area contributed by atoms with Crippen molar-refractivity contribution >= 4 is 12.1 Å². The molecule has 0 radical (unpaired) electrons. The molecule has 14 atom stereocenters. The van der Waals surface area contributed by atoms with E-state index in [-0.39, 0.29) is 59.0 Å². The summed E-state index contributed by atoms with van der Waals surface area (Å²) in [6, 6.07) is -0.735. The van der Waals surface area contributed by atoms with E-state index in [4.69, 9.17) is 14.2 Å². The number of aliphatic hydroxyl groups is 2. The fourth-order valence-electron chi connectivity index (χ4n) is 12.7. The van der Waals surface area contributed by atoms with Crippen molar-refractivity contribution in [3.8, 4) is 0 Å². The first-order valence-corrected chi connectivity index (χ1v) is 19.0. The Morgan fingerprint density at radius 3 is 2.30 bits per heavy atom. The van der Waals surface area contributed by atoms with Crippen LogP contribution in [0.15, 0.2) is 0 Å². The number of alkyl carbamates (subject to hydrolysis) is 1. The van der Waals surface area contributed by atoms with E-state index in [2.05, 4.69) is 26.1 Å². The molecule has 47 heavy (non-hydrogen) atoms.